The fourth-order valence-electron chi connectivity index (χ4n) is 1.53. The van der Waals surface area contributed by atoms with Crippen LogP contribution in [0.15, 0.2) is 16.9 Å². The lowest BCUT2D eigenvalue weighted by atomic mass is 10.3. The lowest BCUT2D eigenvalue weighted by Crippen LogP contribution is -2.07. The summed E-state index contributed by atoms with van der Waals surface area (Å²) in [6.45, 7) is 6.86. The summed E-state index contributed by atoms with van der Waals surface area (Å²) < 4.78 is 0.886. The molecule has 2 rings (SSSR count). The van der Waals surface area contributed by atoms with Crippen molar-refractivity contribution in [3.63, 3.8) is 0 Å². The van der Waals surface area contributed by atoms with Crippen molar-refractivity contribution < 1.29 is 0 Å². The van der Waals surface area contributed by atoms with Gasteiger partial charge in [0.15, 0.2) is 11.6 Å². The van der Waals surface area contributed by atoms with E-state index in [0.29, 0.717) is 11.6 Å². The van der Waals surface area contributed by atoms with E-state index in [2.05, 4.69) is 48.1 Å². The molecule has 2 aromatic heterocycles. The van der Waals surface area contributed by atoms with Gasteiger partial charge in [-0.05, 0) is 41.8 Å². The molecular weight excluding hydrogens is 306 g/mol. The summed E-state index contributed by atoms with van der Waals surface area (Å²) in [5.41, 5.74) is 1.88. The Morgan fingerprint density at radius 2 is 1.79 bits per heavy atom. The number of halogens is 1. The Morgan fingerprint density at radius 1 is 1.11 bits per heavy atom. The molecule has 0 aliphatic rings. The molecule has 0 aliphatic carbocycles. The maximum absolute atomic E-state index is 4.48. The molecule has 2 heterocycles. The van der Waals surface area contributed by atoms with Gasteiger partial charge in [-0.2, -0.15) is 0 Å². The number of rotatable bonds is 4. The second-order valence-electron chi connectivity index (χ2n) is 4.31. The lowest BCUT2D eigenvalue weighted by Gasteiger charge is -2.10. The third-order valence-electron chi connectivity index (χ3n) is 2.54. The van der Waals surface area contributed by atoms with Crippen LogP contribution in [0.5, 0.6) is 0 Å². The van der Waals surface area contributed by atoms with Gasteiger partial charge in [-0.1, -0.05) is 6.92 Å². The SMILES string of the molecule is CCCNc1nc(-c2ncc(C)cn2)nc(C)c1Br. The van der Waals surface area contributed by atoms with Gasteiger partial charge in [-0.15, -0.1) is 0 Å². The quantitative estimate of drug-likeness (QED) is 0.937. The van der Waals surface area contributed by atoms with E-state index in [9.17, 15) is 0 Å². The average molecular weight is 322 g/mol. The van der Waals surface area contributed by atoms with Crippen LogP contribution in [-0.2, 0) is 0 Å². The predicted molar refractivity (Wildman–Crippen MR) is 79.0 cm³/mol. The minimum absolute atomic E-state index is 0.541. The second-order valence-corrected chi connectivity index (χ2v) is 5.10. The number of aryl methyl sites for hydroxylation is 2. The van der Waals surface area contributed by atoms with Crippen molar-refractivity contribution in [1.29, 1.82) is 0 Å². The van der Waals surface area contributed by atoms with E-state index in [1.165, 1.54) is 0 Å². The van der Waals surface area contributed by atoms with Crippen LogP contribution in [0, 0.1) is 13.8 Å². The number of hydrogen-bond donors (Lipinski definition) is 1. The van der Waals surface area contributed by atoms with E-state index in [1.807, 2.05) is 13.8 Å². The Bertz CT molecular complexity index is 568. The Labute approximate surface area is 121 Å². The number of nitrogens with one attached hydrogen (secondary N) is 1. The zero-order valence-electron chi connectivity index (χ0n) is 11.2. The van der Waals surface area contributed by atoms with Crippen molar-refractivity contribution in [2.24, 2.45) is 0 Å². The van der Waals surface area contributed by atoms with Gasteiger partial charge in [0.05, 0.1) is 10.2 Å². The largest absolute Gasteiger partial charge is 0.369 e. The molecule has 0 saturated carbocycles. The van der Waals surface area contributed by atoms with Gasteiger partial charge in [-0.3, -0.25) is 0 Å². The number of aromatic nitrogens is 4. The maximum atomic E-state index is 4.48. The van der Waals surface area contributed by atoms with E-state index >= 15 is 0 Å². The summed E-state index contributed by atoms with van der Waals surface area (Å²) in [4.78, 5) is 17.4. The molecule has 0 fully saturated rings. The van der Waals surface area contributed by atoms with Crippen LogP contribution in [0.3, 0.4) is 0 Å². The molecule has 0 saturated heterocycles. The summed E-state index contributed by atoms with van der Waals surface area (Å²) in [5.74, 6) is 1.87. The molecular formula is C13H16BrN5. The topological polar surface area (TPSA) is 63.6 Å². The molecule has 0 bridgehead atoms. The van der Waals surface area contributed by atoms with Crippen LogP contribution in [-0.4, -0.2) is 26.5 Å². The third-order valence-corrected chi connectivity index (χ3v) is 3.49. The predicted octanol–water partition coefficient (Wildman–Crippen LogP) is 3.13. The molecule has 0 radical (unpaired) electrons. The van der Waals surface area contributed by atoms with Gasteiger partial charge >= 0.3 is 0 Å². The van der Waals surface area contributed by atoms with Gasteiger partial charge in [0.25, 0.3) is 0 Å². The molecule has 0 spiro atoms. The summed E-state index contributed by atoms with van der Waals surface area (Å²) in [6, 6.07) is 0. The van der Waals surface area contributed by atoms with Crippen molar-refractivity contribution >= 4 is 21.7 Å². The first-order valence-electron chi connectivity index (χ1n) is 6.19. The molecule has 0 aliphatic heterocycles. The average Bonchev–Trinajstić information content (AvgIpc) is 2.41. The molecule has 0 amide bonds. The number of hydrogen-bond acceptors (Lipinski definition) is 5. The number of nitrogens with zero attached hydrogens (tertiary/aromatic N) is 4. The van der Waals surface area contributed by atoms with Crippen molar-refractivity contribution in [2.75, 3.05) is 11.9 Å². The molecule has 0 unspecified atom stereocenters. The van der Waals surface area contributed by atoms with Crippen LogP contribution >= 0.6 is 15.9 Å². The standard InChI is InChI=1S/C13H16BrN5/c1-4-5-15-11-10(14)9(3)18-13(19-11)12-16-6-8(2)7-17-12/h6-7H,4-5H2,1-3H3,(H,15,18,19). The summed E-state index contributed by atoms with van der Waals surface area (Å²) >= 11 is 3.50. The molecule has 2 aromatic rings. The molecule has 6 heteroatoms. The first-order valence-corrected chi connectivity index (χ1v) is 6.98. The third kappa shape index (κ3) is 3.26. The van der Waals surface area contributed by atoms with Gasteiger partial charge in [0, 0.05) is 18.9 Å². The van der Waals surface area contributed by atoms with Gasteiger partial charge < -0.3 is 5.32 Å². The molecule has 100 valence electrons. The van der Waals surface area contributed by atoms with Crippen molar-refractivity contribution in [3.8, 4) is 11.6 Å². The first-order chi connectivity index (χ1) is 9.11. The highest BCUT2D eigenvalue weighted by Crippen LogP contribution is 2.25. The monoisotopic (exact) mass is 321 g/mol. The van der Waals surface area contributed by atoms with E-state index in [1.54, 1.807) is 12.4 Å². The van der Waals surface area contributed by atoms with Crippen LogP contribution < -0.4 is 5.32 Å². The first kappa shape index (κ1) is 13.9. The van der Waals surface area contributed by atoms with E-state index < -0.39 is 0 Å². The van der Waals surface area contributed by atoms with E-state index in [4.69, 9.17) is 0 Å². The highest BCUT2D eigenvalue weighted by atomic mass is 79.9. The van der Waals surface area contributed by atoms with Crippen LogP contribution in [0.25, 0.3) is 11.6 Å². The zero-order valence-corrected chi connectivity index (χ0v) is 12.8. The molecule has 1 N–H and O–H groups in total. The maximum Gasteiger partial charge on any atom is 0.199 e. The molecule has 0 aromatic carbocycles. The van der Waals surface area contributed by atoms with Gasteiger partial charge in [0.2, 0.25) is 0 Å². The van der Waals surface area contributed by atoms with E-state index in [-0.39, 0.29) is 0 Å². The zero-order chi connectivity index (χ0) is 13.8. The van der Waals surface area contributed by atoms with Crippen molar-refractivity contribution in [3.05, 3.63) is 28.1 Å². The normalized spacial score (nSPS) is 10.5. The highest BCUT2D eigenvalue weighted by molar-refractivity contribution is 9.10. The number of anilines is 1. The summed E-state index contributed by atoms with van der Waals surface area (Å²) in [5, 5.41) is 3.27. The molecule has 5 nitrogen and oxygen atoms in total. The summed E-state index contributed by atoms with van der Waals surface area (Å²) in [7, 11) is 0. The van der Waals surface area contributed by atoms with Crippen molar-refractivity contribution in [1.82, 2.24) is 19.9 Å². The van der Waals surface area contributed by atoms with Crippen LogP contribution in [0.2, 0.25) is 0 Å². The molecule has 19 heavy (non-hydrogen) atoms. The van der Waals surface area contributed by atoms with Crippen LogP contribution in [0.1, 0.15) is 24.6 Å². The fraction of sp³-hybridized carbons (Fsp3) is 0.385. The Kier molecular flexibility index (Phi) is 4.42. The Hall–Kier alpha value is -1.56. The van der Waals surface area contributed by atoms with Gasteiger partial charge in [0.1, 0.15) is 5.82 Å². The highest BCUT2D eigenvalue weighted by Gasteiger charge is 2.12. The lowest BCUT2D eigenvalue weighted by molar-refractivity contribution is 0.953. The minimum Gasteiger partial charge on any atom is -0.369 e. The van der Waals surface area contributed by atoms with Gasteiger partial charge in [-0.25, -0.2) is 19.9 Å². The Balaban J connectivity index is 2.40. The fourth-order valence-corrected chi connectivity index (χ4v) is 1.85. The second kappa shape index (κ2) is 6.06. The summed E-state index contributed by atoms with van der Waals surface area (Å²) in [6.07, 6.45) is 4.57. The Morgan fingerprint density at radius 3 is 2.42 bits per heavy atom. The van der Waals surface area contributed by atoms with Crippen LogP contribution in [0.4, 0.5) is 5.82 Å². The van der Waals surface area contributed by atoms with E-state index in [0.717, 1.165) is 34.5 Å². The molecule has 0 atom stereocenters. The smallest absolute Gasteiger partial charge is 0.199 e. The van der Waals surface area contributed by atoms with Crippen molar-refractivity contribution in [2.45, 2.75) is 27.2 Å². The minimum atomic E-state index is 0.541.